The van der Waals surface area contributed by atoms with Gasteiger partial charge in [-0.3, -0.25) is 19.0 Å². The second-order valence-electron chi connectivity index (χ2n) is 5.36. The monoisotopic (exact) mass is 313 g/mol. The lowest BCUT2D eigenvalue weighted by Crippen LogP contribution is -2.40. The molecule has 7 heteroatoms. The number of aromatic nitrogens is 4. The van der Waals surface area contributed by atoms with Crippen molar-refractivity contribution in [2.45, 2.75) is 26.4 Å². The summed E-state index contributed by atoms with van der Waals surface area (Å²) in [4.78, 5) is 25.4. The van der Waals surface area contributed by atoms with E-state index in [4.69, 9.17) is 0 Å². The first kappa shape index (κ1) is 15.1. The van der Waals surface area contributed by atoms with Crippen molar-refractivity contribution in [1.29, 1.82) is 0 Å². The highest BCUT2D eigenvalue weighted by molar-refractivity contribution is 5.86. The van der Waals surface area contributed by atoms with Crippen molar-refractivity contribution in [2.24, 2.45) is 0 Å². The summed E-state index contributed by atoms with van der Waals surface area (Å²) >= 11 is 0. The summed E-state index contributed by atoms with van der Waals surface area (Å²) in [5, 5.41) is 10.3. The van der Waals surface area contributed by atoms with Crippen molar-refractivity contribution in [3.8, 4) is 0 Å². The first-order valence-electron chi connectivity index (χ1n) is 7.60. The molecule has 0 spiro atoms. The molecule has 0 saturated carbocycles. The highest BCUT2D eigenvalue weighted by Gasteiger charge is 2.18. The molecule has 0 aliphatic carbocycles. The van der Waals surface area contributed by atoms with Crippen LogP contribution in [-0.2, 0) is 13.1 Å². The molecule has 3 rings (SSSR count). The first-order valence-corrected chi connectivity index (χ1v) is 7.60. The third-order valence-corrected chi connectivity index (χ3v) is 3.80. The Kier molecular flexibility index (Phi) is 4.01. The minimum absolute atomic E-state index is 0.311. The van der Waals surface area contributed by atoms with Crippen molar-refractivity contribution in [1.82, 2.24) is 19.3 Å². The van der Waals surface area contributed by atoms with Crippen LogP contribution in [0, 0.1) is 0 Å². The molecule has 0 aliphatic rings. The molecule has 0 unspecified atom stereocenters. The number of nitrogens with one attached hydrogen (secondary N) is 2. The molecule has 0 amide bonds. The molecule has 7 nitrogen and oxygen atoms in total. The Bertz CT molecular complexity index is 937. The van der Waals surface area contributed by atoms with E-state index in [1.165, 1.54) is 4.57 Å². The van der Waals surface area contributed by atoms with Gasteiger partial charge >= 0.3 is 5.69 Å². The zero-order valence-electron chi connectivity index (χ0n) is 13.2. The van der Waals surface area contributed by atoms with Crippen LogP contribution in [0.2, 0.25) is 0 Å². The van der Waals surface area contributed by atoms with Gasteiger partial charge in [0.1, 0.15) is 11.2 Å². The van der Waals surface area contributed by atoms with Crippen LogP contribution in [0.25, 0.3) is 11.0 Å². The third-order valence-electron chi connectivity index (χ3n) is 3.80. The lowest BCUT2D eigenvalue weighted by Gasteiger charge is -2.11. The van der Waals surface area contributed by atoms with Gasteiger partial charge in [0.2, 0.25) is 0 Å². The molecule has 2 heterocycles. The number of H-pyrrole nitrogens is 1. The number of aromatic amines is 1. The highest BCUT2D eigenvalue weighted by atomic mass is 16.2. The summed E-state index contributed by atoms with van der Waals surface area (Å²) in [6.07, 6.45) is 0.707. The normalized spacial score (nSPS) is 11.0. The molecule has 3 aromatic rings. The van der Waals surface area contributed by atoms with Gasteiger partial charge in [0.05, 0.1) is 6.54 Å². The highest BCUT2D eigenvalue weighted by Crippen LogP contribution is 2.15. The van der Waals surface area contributed by atoms with Gasteiger partial charge in [0.15, 0.2) is 5.65 Å². The molecule has 2 aromatic heterocycles. The van der Waals surface area contributed by atoms with Gasteiger partial charge in [-0.2, -0.15) is 5.10 Å². The fourth-order valence-corrected chi connectivity index (χ4v) is 2.70. The lowest BCUT2D eigenvalue weighted by atomic mass is 10.2. The van der Waals surface area contributed by atoms with E-state index >= 15 is 0 Å². The van der Waals surface area contributed by atoms with E-state index in [2.05, 4.69) is 15.5 Å². The van der Waals surface area contributed by atoms with E-state index < -0.39 is 0 Å². The summed E-state index contributed by atoms with van der Waals surface area (Å²) in [7, 11) is 1.71. The predicted molar refractivity (Wildman–Crippen MR) is 90.0 cm³/mol. The van der Waals surface area contributed by atoms with Crippen LogP contribution in [-0.4, -0.2) is 26.4 Å². The van der Waals surface area contributed by atoms with Crippen LogP contribution >= 0.6 is 0 Å². The van der Waals surface area contributed by atoms with Crippen molar-refractivity contribution >= 4 is 16.9 Å². The SMILES string of the molecule is CCCn1c(=O)c2c(NC)[nH]nc2n(Cc2ccccc2)c1=O. The van der Waals surface area contributed by atoms with Crippen molar-refractivity contribution in [2.75, 3.05) is 12.4 Å². The Morgan fingerprint density at radius 1 is 1.17 bits per heavy atom. The van der Waals surface area contributed by atoms with Crippen molar-refractivity contribution in [3.05, 3.63) is 56.7 Å². The topological polar surface area (TPSA) is 84.7 Å². The maximum atomic E-state index is 12.7. The average Bonchev–Trinajstić information content (AvgIpc) is 3.00. The molecular weight excluding hydrogens is 294 g/mol. The van der Waals surface area contributed by atoms with E-state index in [-0.39, 0.29) is 11.2 Å². The molecule has 0 radical (unpaired) electrons. The van der Waals surface area contributed by atoms with Gasteiger partial charge in [0, 0.05) is 13.6 Å². The molecule has 23 heavy (non-hydrogen) atoms. The first-order chi connectivity index (χ1) is 11.2. The molecule has 0 saturated heterocycles. The van der Waals surface area contributed by atoms with Crippen LogP contribution in [0.5, 0.6) is 0 Å². The second kappa shape index (κ2) is 6.12. The Labute approximate surface area is 132 Å². The van der Waals surface area contributed by atoms with E-state index in [1.807, 2.05) is 37.3 Å². The van der Waals surface area contributed by atoms with Crippen LogP contribution in [0.4, 0.5) is 5.82 Å². The number of benzene rings is 1. The summed E-state index contributed by atoms with van der Waals surface area (Å²) in [6.45, 7) is 2.69. The number of rotatable bonds is 5. The van der Waals surface area contributed by atoms with Crippen molar-refractivity contribution in [3.63, 3.8) is 0 Å². The maximum absolute atomic E-state index is 12.7. The van der Waals surface area contributed by atoms with E-state index in [0.29, 0.717) is 36.4 Å². The van der Waals surface area contributed by atoms with Gasteiger partial charge in [0.25, 0.3) is 5.56 Å². The van der Waals surface area contributed by atoms with E-state index in [9.17, 15) is 9.59 Å². The molecule has 2 N–H and O–H groups in total. The maximum Gasteiger partial charge on any atom is 0.333 e. The molecular formula is C16H19N5O2. The molecule has 1 aromatic carbocycles. The van der Waals surface area contributed by atoms with Gasteiger partial charge in [-0.05, 0) is 12.0 Å². The zero-order valence-corrected chi connectivity index (χ0v) is 13.2. The second-order valence-corrected chi connectivity index (χ2v) is 5.36. The van der Waals surface area contributed by atoms with Gasteiger partial charge in [-0.25, -0.2) is 4.79 Å². The van der Waals surface area contributed by atoms with Crippen LogP contribution in [0.3, 0.4) is 0 Å². The number of fused-ring (bicyclic) bond motifs is 1. The predicted octanol–water partition coefficient (Wildman–Crippen LogP) is 1.39. The van der Waals surface area contributed by atoms with Crippen LogP contribution in [0.15, 0.2) is 39.9 Å². The van der Waals surface area contributed by atoms with Gasteiger partial charge < -0.3 is 5.32 Å². The molecule has 0 aliphatic heterocycles. The van der Waals surface area contributed by atoms with Crippen LogP contribution in [0.1, 0.15) is 18.9 Å². The van der Waals surface area contributed by atoms with E-state index in [0.717, 1.165) is 5.56 Å². The van der Waals surface area contributed by atoms with Gasteiger partial charge in [-0.1, -0.05) is 37.3 Å². The van der Waals surface area contributed by atoms with Crippen molar-refractivity contribution < 1.29 is 0 Å². The summed E-state index contributed by atoms with van der Waals surface area (Å²) in [5.74, 6) is 0.525. The summed E-state index contributed by atoms with van der Waals surface area (Å²) in [6, 6.07) is 9.65. The number of nitrogens with zero attached hydrogens (tertiary/aromatic N) is 3. The lowest BCUT2D eigenvalue weighted by molar-refractivity contribution is 0.579. The van der Waals surface area contributed by atoms with Crippen LogP contribution < -0.4 is 16.6 Å². The summed E-state index contributed by atoms with van der Waals surface area (Å²) in [5.41, 5.74) is 0.712. The quantitative estimate of drug-likeness (QED) is 0.745. The van der Waals surface area contributed by atoms with Gasteiger partial charge in [-0.15, -0.1) is 0 Å². The minimum Gasteiger partial charge on any atom is -0.373 e. The zero-order chi connectivity index (χ0) is 16.4. The third kappa shape index (κ3) is 2.54. The Morgan fingerprint density at radius 3 is 2.57 bits per heavy atom. The molecule has 0 atom stereocenters. The molecule has 120 valence electrons. The Hall–Kier alpha value is -2.83. The number of anilines is 1. The Balaban J connectivity index is 2.29. The smallest absolute Gasteiger partial charge is 0.333 e. The fraction of sp³-hybridized carbons (Fsp3) is 0.312. The molecule has 0 bridgehead atoms. The molecule has 0 fully saturated rings. The average molecular weight is 313 g/mol. The number of hydrogen-bond acceptors (Lipinski definition) is 4. The summed E-state index contributed by atoms with van der Waals surface area (Å²) < 4.78 is 2.82. The largest absolute Gasteiger partial charge is 0.373 e. The fourth-order valence-electron chi connectivity index (χ4n) is 2.70. The Morgan fingerprint density at radius 2 is 1.91 bits per heavy atom. The minimum atomic E-state index is -0.331. The van der Waals surface area contributed by atoms with E-state index in [1.54, 1.807) is 11.6 Å². The standard InChI is InChI=1S/C16H19N5O2/c1-3-9-20-15(22)12-13(17-2)18-19-14(12)21(16(20)23)10-11-7-5-4-6-8-11/h4-8H,3,9-10H2,1-2H3,(H2,17,18,19). The number of hydrogen-bond donors (Lipinski definition) is 2.